The maximum Gasteiger partial charge on any atom is 0.319 e. The topological polar surface area (TPSA) is 48.9 Å². The number of nitrogens with zero attached hydrogens (tertiary/aromatic N) is 4. The van der Waals surface area contributed by atoms with Gasteiger partial charge in [-0.3, -0.25) is 4.90 Å². The van der Waals surface area contributed by atoms with Gasteiger partial charge >= 0.3 is 6.03 Å². The molecule has 1 spiro atoms. The van der Waals surface area contributed by atoms with E-state index < -0.39 is 0 Å². The van der Waals surface area contributed by atoms with Gasteiger partial charge in [-0.2, -0.15) is 0 Å². The average molecular weight is 324 g/mol. The van der Waals surface area contributed by atoms with Crippen LogP contribution in [-0.4, -0.2) is 79.2 Å². The van der Waals surface area contributed by atoms with Gasteiger partial charge in [0.1, 0.15) is 5.01 Å². The highest BCUT2D eigenvalue weighted by Gasteiger charge is 2.42. The van der Waals surface area contributed by atoms with E-state index in [9.17, 15) is 4.79 Å². The number of carbonyl (C=O) groups excluding carboxylic acids is 1. The summed E-state index contributed by atoms with van der Waals surface area (Å²) < 4.78 is 5.82. The molecule has 0 aliphatic carbocycles. The van der Waals surface area contributed by atoms with Crippen molar-refractivity contribution in [2.24, 2.45) is 5.41 Å². The molecule has 0 bridgehead atoms. The Hall–Kier alpha value is -1.18. The molecule has 0 radical (unpaired) electrons. The second-order valence-electron chi connectivity index (χ2n) is 6.54. The highest BCUT2D eigenvalue weighted by Crippen LogP contribution is 2.34. The minimum absolute atomic E-state index is 0.0689. The van der Waals surface area contributed by atoms with Gasteiger partial charge in [-0.25, -0.2) is 9.78 Å². The molecule has 2 saturated heterocycles. The molecule has 3 rings (SSSR count). The first-order chi connectivity index (χ1) is 10.6. The molecule has 1 atom stereocenters. The molecule has 2 fully saturated rings. The van der Waals surface area contributed by atoms with Crippen LogP contribution in [0.3, 0.4) is 0 Å². The molecule has 0 saturated carbocycles. The zero-order valence-corrected chi connectivity index (χ0v) is 14.1. The molecule has 6 nitrogen and oxygen atoms in total. The normalized spacial score (nSPS) is 26.4. The minimum Gasteiger partial charge on any atom is -0.379 e. The van der Waals surface area contributed by atoms with Crippen molar-refractivity contribution in [2.45, 2.75) is 13.0 Å². The number of hydrogen-bond acceptors (Lipinski definition) is 5. The molecule has 0 N–H and O–H groups in total. The van der Waals surface area contributed by atoms with Crippen LogP contribution in [0.5, 0.6) is 0 Å². The molecule has 2 aliphatic rings. The summed E-state index contributed by atoms with van der Waals surface area (Å²) in [5.41, 5.74) is 0.0689. The predicted octanol–water partition coefficient (Wildman–Crippen LogP) is 1.35. The van der Waals surface area contributed by atoms with Crippen molar-refractivity contribution in [1.29, 1.82) is 0 Å². The monoisotopic (exact) mass is 324 g/mol. The van der Waals surface area contributed by atoms with Gasteiger partial charge < -0.3 is 14.5 Å². The summed E-state index contributed by atoms with van der Waals surface area (Å²) in [4.78, 5) is 22.7. The van der Waals surface area contributed by atoms with Crippen LogP contribution in [0.1, 0.15) is 11.4 Å². The van der Waals surface area contributed by atoms with Crippen molar-refractivity contribution in [2.75, 3.05) is 53.5 Å². The van der Waals surface area contributed by atoms with E-state index in [0.717, 1.165) is 44.2 Å². The third kappa shape index (κ3) is 3.42. The molecule has 1 aromatic heterocycles. The van der Waals surface area contributed by atoms with Crippen molar-refractivity contribution < 1.29 is 9.53 Å². The minimum atomic E-state index is 0.0689. The number of thiazole rings is 1. The van der Waals surface area contributed by atoms with Crippen LogP contribution < -0.4 is 0 Å². The van der Waals surface area contributed by atoms with Gasteiger partial charge in [0.05, 0.1) is 19.8 Å². The van der Waals surface area contributed by atoms with Gasteiger partial charge in [0, 0.05) is 50.7 Å². The highest BCUT2D eigenvalue weighted by molar-refractivity contribution is 7.09. The van der Waals surface area contributed by atoms with Gasteiger partial charge in [0.25, 0.3) is 0 Å². The van der Waals surface area contributed by atoms with E-state index in [0.29, 0.717) is 13.2 Å². The smallest absolute Gasteiger partial charge is 0.319 e. The summed E-state index contributed by atoms with van der Waals surface area (Å²) in [5, 5.41) is 3.18. The van der Waals surface area contributed by atoms with E-state index in [1.807, 2.05) is 30.6 Å². The quantitative estimate of drug-likeness (QED) is 0.824. The van der Waals surface area contributed by atoms with Crippen molar-refractivity contribution in [3.63, 3.8) is 0 Å². The standard InChI is InChI=1S/C15H24N4O2S/c1-17(2)14(20)19-6-7-21-12-15(11-19)3-5-18(10-15)9-13-16-4-8-22-13/h4,8H,3,5-7,9-12H2,1-2H3/t15-/m0/s1. The van der Waals surface area contributed by atoms with Crippen LogP contribution in [0.25, 0.3) is 0 Å². The van der Waals surface area contributed by atoms with Crippen LogP contribution in [0.15, 0.2) is 11.6 Å². The zero-order valence-electron chi connectivity index (χ0n) is 13.3. The molecule has 1 aromatic rings. The van der Waals surface area contributed by atoms with Gasteiger partial charge in [-0.05, 0) is 13.0 Å². The molecular weight excluding hydrogens is 300 g/mol. The van der Waals surface area contributed by atoms with Gasteiger partial charge in [-0.1, -0.05) is 0 Å². The summed E-state index contributed by atoms with van der Waals surface area (Å²) in [5.74, 6) is 0. The summed E-state index contributed by atoms with van der Waals surface area (Å²) in [6.07, 6.45) is 2.94. The molecular formula is C15H24N4O2S. The SMILES string of the molecule is CN(C)C(=O)N1CCOC[C@]2(CCN(Cc3nccs3)C2)C1. The second-order valence-corrected chi connectivity index (χ2v) is 7.52. The van der Waals surface area contributed by atoms with E-state index in [1.54, 1.807) is 16.2 Å². The lowest BCUT2D eigenvalue weighted by Crippen LogP contribution is -2.46. The fourth-order valence-corrected chi connectivity index (χ4v) is 4.03. The van der Waals surface area contributed by atoms with Gasteiger partial charge in [0.15, 0.2) is 0 Å². The lowest BCUT2D eigenvalue weighted by Gasteiger charge is -2.33. The number of likely N-dealkylation sites (tertiary alicyclic amines) is 1. The van der Waals surface area contributed by atoms with Gasteiger partial charge in [-0.15, -0.1) is 11.3 Å². The molecule has 7 heteroatoms. The number of urea groups is 1. The zero-order chi connectivity index (χ0) is 15.6. The second kappa shape index (κ2) is 6.52. The number of carbonyl (C=O) groups is 1. The Labute approximate surface area is 135 Å². The van der Waals surface area contributed by atoms with Crippen LogP contribution in [-0.2, 0) is 11.3 Å². The Kier molecular flexibility index (Phi) is 4.65. The van der Waals surface area contributed by atoms with E-state index in [-0.39, 0.29) is 11.4 Å². The number of amides is 2. The van der Waals surface area contributed by atoms with Crippen molar-refractivity contribution in [3.05, 3.63) is 16.6 Å². The lowest BCUT2D eigenvalue weighted by molar-refractivity contribution is 0.0711. The number of hydrogen-bond donors (Lipinski definition) is 0. The summed E-state index contributed by atoms with van der Waals surface area (Å²) in [6, 6.07) is 0.0863. The van der Waals surface area contributed by atoms with Gasteiger partial charge in [0.2, 0.25) is 0 Å². The maximum atomic E-state index is 12.3. The van der Waals surface area contributed by atoms with Crippen LogP contribution in [0.2, 0.25) is 0 Å². The third-order valence-corrected chi connectivity index (χ3v) is 5.22. The molecule has 122 valence electrons. The van der Waals surface area contributed by atoms with Crippen LogP contribution >= 0.6 is 11.3 Å². The number of aromatic nitrogens is 1. The van der Waals surface area contributed by atoms with Crippen molar-refractivity contribution >= 4 is 17.4 Å². The Morgan fingerprint density at radius 3 is 3.05 bits per heavy atom. The fraction of sp³-hybridized carbons (Fsp3) is 0.733. The van der Waals surface area contributed by atoms with Crippen molar-refractivity contribution in [3.8, 4) is 0 Å². The fourth-order valence-electron chi connectivity index (χ4n) is 3.37. The van der Waals surface area contributed by atoms with E-state index in [2.05, 4.69) is 9.88 Å². The van der Waals surface area contributed by atoms with Crippen LogP contribution in [0, 0.1) is 5.41 Å². The summed E-state index contributed by atoms with van der Waals surface area (Å²) in [6.45, 7) is 5.79. The van der Waals surface area contributed by atoms with Crippen LogP contribution in [0.4, 0.5) is 4.79 Å². The highest BCUT2D eigenvalue weighted by atomic mass is 32.1. The average Bonchev–Trinajstić information content (AvgIpc) is 3.07. The Morgan fingerprint density at radius 2 is 2.32 bits per heavy atom. The molecule has 2 aliphatic heterocycles. The Morgan fingerprint density at radius 1 is 1.45 bits per heavy atom. The number of ether oxygens (including phenoxy) is 1. The van der Waals surface area contributed by atoms with E-state index in [1.165, 1.54) is 0 Å². The predicted molar refractivity (Wildman–Crippen MR) is 85.9 cm³/mol. The largest absolute Gasteiger partial charge is 0.379 e. The third-order valence-electron chi connectivity index (χ3n) is 4.45. The first kappa shape index (κ1) is 15.7. The molecule has 3 heterocycles. The molecule has 22 heavy (non-hydrogen) atoms. The first-order valence-corrected chi connectivity index (χ1v) is 8.61. The first-order valence-electron chi connectivity index (χ1n) is 7.73. The summed E-state index contributed by atoms with van der Waals surface area (Å²) in [7, 11) is 3.62. The molecule has 0 aromatic carbocycles. The van der Waals surface area contributed by atoms with Crippen molar-refractivity contribution in [1.82, 2.24) is 19.7 Å². The van der Waals surface area contributed by atoms with E-state index in [4.69, 9.17) is 4.74 Å². The maximum absolute atomic E-state index is 12.3. The molecule has 2 amide bonds. The van der Waals surface area contributed by atoms with E-state index >= 15 is 0 Å². The molecule has 0 unspecified atom stereocenters. The Balaban J connectivity index is 1.65. The summed E-state index contributed by atoms with van der Waals surface area (Å²) >= 11 is 1.70. The number of rotatable bonds is 2. The Bertz CT molecular complexity index is 508. The lowest BCUT2D eigenvalue weighted by atomic mass is 9.87.